The molecule has 0 fully saturated rings. The van der Waals surface area contributed by atoms with E-state index in [4.69, 9.17) is 5.73 Å². The first-order valence-electron chi connectivity index (χ1n) is 6.18. The molecule has 0 bridgehead atoms. The van der Waals surface area contributed by atoms with Crippen LogP contribution in [0.5, 0.6) is 0 Å². The molecule has 0 saturated heterocycles. The summed E-state index contributed by atoms with van der Waals surface area (Å²) < 4.78 is 0. The minimum Gasteiger partial charge on any atom is -0.359 e. The molecule has 7 heteroatoms. The SMILES string of the molecule is CN=C(NC)NCCCC(N)C(=O)NCCCS. The number of aliphatic imine (C=N–C) groups is 1. The Morgan fingerprint density at radius 2 is 2.00 bits per heavy atom. The van der Waals surface area contributed by atoms with Crippen molar-refractivity contribution >= 4 is 24.5 Å². The molecule has 0 radical (unpaired) electrons. The summed E-state index contributed by atoms with van der Waals surface area (Å²) in [5.74, 6) is 1.42. The highest BCUT2D eigenvalue weighted by Gasteiger charge is 2.11. The van der Waals surface area contributed by atoms with Gasteiger partial charge in [-0.05, 0) is 25.0 Å². The molecule has 0 aliphatic carbocycles. The largest absolute Gasteiger partial charge is 0.359 e. The molecule has 1 atom stereocenters. The zero-order chi connectivity index (χ0) is 13.8. The average molecular weight is 275 g/mol. The van der Waals surface area contributed by atoms with Gasteiger partial charge < -0.3 is 21.7 Å². The van der Waals surface area contributed by atoms with E-state index in [9.17, 15) is 4.79 Å². The fourth-order valence-corrected chi connectivity index (χ4v) is 1.52. The van der Waals surface area contributed by atoms with E-state index >= 15 is 0 Å². The lowest BCUT2D eigenvalue weighted by Crippen LogP contribution is -2.42. The van der Waals surface area contributed by atoms with Gasteiger partial charge in [-0.2, -0.15) is 12.6 Å². The minimum absolute atomic E-state index is 0.0882. The van der Waals surface area contributed by atoms with Crippen molar-refractivity contribution in [2.75, 3.05) is 32.9 Å². The normalized spacial score (nSPS) is 13.0. The van der Waals surface area contributed by atoms with Gasteiger partial charge >= 0.3 is 0 Å². The molecule has 0 saturated carbocycles. The summed E-state index contributed by atoms with van der Waals surface area (Å²) in [5, 5.41) is 8.81. The molecular weight excluding hydrogens is 250 g/mol. The molecule has 106 valence electrons. The van der Waals surface area contributed by atoms with Crippen molar-refractivity contribution in [1.29, 1.82) is 0 Å². The number of nitrogens with two attached hydrogens (primary N) is 1. The lowest BCUT2D eigenvalue weighted by atomic mass is 10.1. The Bertz CT molecular complexity index is 260. The second-order valence-electron chi connectivity index (χ2n) is 3.87. The van der Waals surface area contributed by atoms with Crippen LogP contribution in [0.4, 0.5) is 0 Å². The maximum Gasteiger partial charge on any atom is 0.236 e. The molecule has 18 heavy (non-hydrogen) atoms. The number of amides is 1. The number of carbonyl (C=O) groups is 1. The van der Waals surface area contributed by atoms with Gasteiger partial charge in [0.05, 0.1) is 6.04 Å². The van der Waals surface area contributed by atoms with Crippen LogP contribution in [0.1, 0.15) is 19.3 Å². The van der Waals surface area contributed by atoms with Crippen molar-refractivity contribution in [3.8, 4) is 0 Å². The quantitative estimate of drug-likeness (QED) is 0.176. The topological polar surface area (TPSA) is 91.5 Å². The fraction of sp³-hybridized carbons (Fsp3) is 0.818. The maximum atomic E-state index is 11.5. The third kappa shape index (κ3) is 8.19. The Morgan fingerprint density at radius 1 is 1.33 bits per heavy atom. The van der Waals surface area contributed by atoms with Gasteiger partial charge in [-0.3, -0.25) is 9.79 Å². The number of nitrogens with zero attached hydrogens (tertiary/aromatic N) is 1. The second-order valence-corrected chi connectivity index (χ2v) is 4.31. The number of thiol groups is 1. The molecule has 0 aliphatic heterocycles. The van der Waals surface area contributed by atoms with E-state index in [-0.39, 0.29) is 5.91 Å². The van der Waals surface area contributed by atoms with Crippen molar-refractivity contribution in [1.82, 2.24) is 16.0 Å². The molecule has 6 nitrogen and oxygen atoms in total. The third-order valence-corrected chi connectivity index (χ3v) is 2.73. The highest BCUT2D eigenvalue weighted by Crippen LogP contribution is 1.94. The fourth-order valence-electron chi connectivity index (χ4n) is 1.36. The Balaban J connectivity index is 3.63. The van der Waals surface area contributed by atoms with Gasteiger partial charge in [-0.1, -0.05) is 0 Å². The molecule has 5 N–H and O–H groups in total. The highest BCUT2D eigenvalue weighted by molar-refractivity contribution is 7.80. The van der Waals surface area contributed by atoms with Crippen molar-refractivity contribution in [2.45, 2.75) is 25.3 Å². The summed E-state index contributed by atoms with van der Waals surface area (Å²) in [4.78, 5) is 15.5. The van der Waals surface area contributed by atoms with Crippen LogP contribution in [0.25, 0.3) is 0 Å². The lowest BCUT2D eigenvalue weighted by Gasteiger charge is -2.13. The van der Waals surface area contributed by atoms with E-state index in [1.807, 2.05) is 0 Å². The standard InChI is InChI=1S/C11H25N5OS/c1-13-11(14-2)16-6-3-5-9(12)10(17)15-7-4-8-18/h9,18H,3-8,12H2,1-2H3,(H,15,17)(H2,13,14,16). The van der Waals surface area contributed by atoms with Crippen LogP contribution in [0.3, 0.4) is 0 Å². The molecule has 0 spiro atoms. The summed E-state index contributed by atoms with van der Waals surface area (Å²) in [6.07, 6.45) is 2.34. The van der Waals surface area contributed by atoms with Gasteiger partial charge in [-0.25, -0.2) is 0 Å². The van der Waals surface area contributed by atoms with Crippen molar-refractivity contribution in [3.05, 3.63) is 0 Å². The number of hydrogen-bond donors (Lipinski definition) is 5. The van der Waals surface area contributed by atoms with Crippen molar-refractivity contribution < 1.29 is 4.79 Å². The van der Waals surface area contributed by atoms with Gasteiger partial charge in [0.25, 0.3) is 0 Å². The van der Waals surface area contributed by atoms with Crippen LogP contribution in [-0.4, -0.2) is 50.8 Å². The predicted octanol–water partition coefficient (Wildman–Crippen LogP) is -0.675. The first kappa shape index (κ1) is 17.1. The summed E-state index contributed by atoms with van der Waals surface area (Å²) in [6.45, 7) is 1.38. The van der Waals surface area contributed by atoms with E-state index in [0.29, 0.717) is 13.0 Å². The smallest absolute Gasteiger partial charge is 0.236 e. The molecule has 0 rings (SSSR count). The molecule has 0 aromatic rings. The number of rotatable bonds is 8. The van der Waals surface area contributed by atoms with Gasteiger partial charge in [0, 0.05) is 27.2 Å². The number of nitrogens with one attached hydrogen (secondary N) is 3. The molecule has 1 unspecified atom stereocenters. The Labute approximate surface area is 115 Å². The van der Waals surface area contributed by atoms with E-state index in [1.54, 1.807) is 14.1 Å². The van der Waals surface area contributed by atoms with Crippen LogP contribution in [0.15, 0.2) is 4.99 Å². The Morgan fingerprint density at radius 3 is 2.56 bits per heavy atom. The summed E-state index contributed by atoms with van der Waals surface area (Å²) in [7, 11) is 3.51. The molecule has 0 aromatic heterocycles. The van der Waals surface area contributed by atoms with Crippen LogP contribution in [-0.2, 0) is 4.79 Å². The second kappa shape index (κ2) is 11.2. The molecular formula is C11H25N5OS. The highest BCUT2D eigenvalue weighted by atomic mass is 32.1. The molecule has 1 amide bonds. The molecule has 0 heterocycles. The summed E-state index contributed by atoms with van der Waals surface area (Å²) in [6, 6.07) is -0.441. The number of hydrogen-bond acceptors (Lipinski definition) is 4. The van der Waals surface area contributed by atoms with Gasteiger partial charge in [0.1, 0.15) is 0 Å². The zero-order valence-corrected chi connectivity index (χ0v) is 12.1. The third-order valence-electron chi connectivity index (χ3n) is 2.42. The van der Waals surface area contributed by atoms with Crippen molar-refractivity contribution in [3.63, 3.8) is 0 Å². The van der Waals surface area contributed by atoms with Crippen LogP contribution in [0, 0.1) is 0 Å². The van der Waals surface area contributed by atoms with E-state index in [2.05, 4.69) is 33.6 Å². The first-order chi connectivity index (χ1) is 8.65. The predicted molar refractivity (Wildman–Crippen MR) is 79.1 cm³/mol. The maximum absolute atomic E-state index is 11.5. The Kier molecular flexibility index (Phi) is 10.6. The average Bonchev–Trinajstić information content (AvgIpc) is 2.38. The first-order valence-corrected chi connectivity index (χ1v) is 6.81. The Hall–Kier alpha value is -0.950. The van der Waals surface area contributed by atoms with Crippen molar-refractivity contribution in [2.24, 2.45) is 10.7 Å². The summed E-state index contributed by atoms with van der Waals surface area (Å²) >= 11 is 4.07. The van der Waals surface area contributed by atoms with Gasteiger partial charge in [0.15, 0.2) is 5.96 Å². The van der Waals surface area contributed by atoms with Crippen LogP contribution >= 0.6 is 12.6 Å². The number of guanidine groups is 1. The van der Waals surface area contributed by atoms with Crippen LogP contribution < -0.4 is 21.7 Å². The zero-order valence-electron chi connectivity index (χ0n) is 11.2. The van der Waals surface area contributed by atoms with E-state index < -0.39 is 6.04 Å². The van der Waals surface area contributed by atoms with Gasteiger partial charge in [-0.15, -0.1) is 0 Å². The molecule has 0 aromatic carbocycles. The van der Waals surface area contributed by atoms with E-state index in [1.165, 1.54) is 0 Å². The number of carbonyl (C=O) groups excluding carboxylic acids is 1. The van der Waals surface area contributed by atoms with Gasteiger partial charge in [0.2, 0.25) is 5.91 Å². The monoisotopic (exact) mass is 275 g/mol. The summed E-state index contributed by atoms with van der Waals surface area (Å²) in [5.41, 5.74) is 5.78. The lowest BCUT2D eigenvalue weighted by molar-refractivity contribution is -0.122. The van der Waals surface area contributed by atoms with E-state index in [0.717, 1.165) is 31.1 Å². The van der Waals surface area contributed by atoms with Crippen LogP contribution in [0.2, 0.25) is 0 Å². The molecule has 0 aliphatic rings. The minimum atomic E-state index is -0.441.